The van der Waals surface area contributed by atoms with Crippen molar-refractivity contribution < 1.29 is 9.90 Å². The van der Waals surface area contributed by atoms with Crippen LogP contribution in [0.3, 0.4) is 0 Å². The van der Waals surface area contributed by atoms with Crippen LogP contribution < -0.4 is 5.73 Å². The Balaban J connectivity index is 2.14. The molecule has 1 aliphatic carbocycles. The molecule has 0 unspecified atom stereocenters. The Bertz CT molecular complexity index is 616. The van der Waals surface area contributed by atoms with E-state index in [-0.39, 0.29) is 11.4 Å². The first-order valence-electron chi connectivity index (χ1n) is 5.71. The topological polar surface area (TPSA) is 105 Å². The highest BCUT2D eigenvalue weighted by atomic mass is 16.3. The standard InChI is InChI=1S/C12H12N4O2/c13-12(18)10-9(14-16-15-10)8-3-1-2-7(11(8)17)6-4-5-6/h1-3,6,17H,4-5H2,(H2,13,18)(H,14,15,16). The molecular formula is C12H12N4O2. The van der Waals surface area contributed by atoms with Gasteiger partial charge in [-0.15, -0.1) is 0 Å². The molecule has 1 amide bonds. The van der Waals surface area contributed by atoms with Gasteiger partial charge in [-0.2, -0.15) is 15.4 Å². The first-order chi connectivity index (χ1) is 8.68. The number of nitrogens with one attached hydrogen (secondary N) is 1. The Labute approximate surface area is 103 Å². The fourth-order valence-corrected chi connectivity index (χ4v) is 2.07. The zero-order valence-electron chi connectivity index (χ0n) is 9.55. The van der Waals surface area contributed by atoms with Gasteiger partial charge in [0, 0.05) is 5.56 Å². The Morgan fingerprint density at radius 2 is 2.17 bits per heavy atom. The van der Waals surface area contributed by atoms with E-state index in [2.05, 4.69) is 15.4 Å². The lowest BCUT2D eigenvalue weighted by molar-refractivity contribution is 0.0996. The van der Waals surface area contributed by atoms with Gasteiger partial charge in [0.15, 0.2) is 5.69 Å². The zero-order valence-corrected chi connectivity index (χ0v) is 9.55. The maximum absolute atomic E-state index is 11.2. The van der Waals surface area contributed by atoms with E-state index >= 15 is 0 Å². The third-order valence-corrected chi connectivity index (χ3v) is 3.12. The van der Waals surface area contributed by atoms with Gasteiger partial charge in [0.1, 0.15) is 11.4 Å². The normalized spacial score (nSPS) is 14.7. The first kappa shape index (κ1) is 10.8. The van der Waals surface area contributed by atoms with Crippen LogP contribution in [0.5, 0.6) is 5.75 Å². The largest absolute Gasteiger partial charge is 0.507 e. The lowest BCUT2D eigenvalue weighted by Gasteiger charge is -2.07. The van der Waals surface area contributed by atoms with Gasteiger partial charge in [-0.05, 0) is 30.4 Å². The number of H-pyrrole nitrogens is 1. The molecule has 92 valence electrons. The van der Waals surface area contributed by atoms with Crippen molar-refractivity contribution in [3.63, 3.8) is 0 Å². The van der Waals surface area contributed by atoms with Crippen LogP contribution in [0.15, 0.2) is 18.2 Å². The number of aromatic nitrogens is 3. The molecule has 1 aromatic carbocycles. The number of nitrogens with zero attached hydrogens (tertiary/aromatic N) is 2. The average molecular weight is 244 g/mol. The molecule has 6 nitrogen and oxygen atoms in total. The lowest BCUT2D eigenvalue weighted by atomic mass is 10.0. The van der Waals surface area contributed by atoms with E-state index in [4.69, 9.17) is 5.73 Å². The molecule has 0 bridgehead atoms. The van der Waals surface area contributed by atoms with Crippen molar-refractivity contribution >= 4 is 5.91 Å². The second kappa shape index (κ2) is 3.83. The Morgan fingerprint density at radius 1 is 1.39 bits per heavy atom. The molecule has 6 heteroatoms. The van der Waals surface area contributed by atoms with Crippen LogP contribution in [0.25, 0.3) is 11.3 Å². The number of phenolic OH excluding ortho intramolecular Hbond substituents is 1. The molecule has 4 N–H and O–H groups in total. The fraction of sp³-hybridized carbons (Fsp3) is 0.250. The molecule has 1 aliphatic rings. The number of hydrogen-bond acceptors (Lipinski definition) is 4. The minimum absolute atomic E-state index is 0.0400. The SMILES string of the molecule is NC(=O)c1n[nH]nc1-c1cccc(C2CC2)c1O. The third kappa shape index (κ3) is 1.62. The fourth-order valence-electron chi connectivity index (χ4n) is 2.07. The summed E-state index contributed by atoms with van der Waals surface area (Å²) >= 11 is 0. The van der Waals surface area contributed by atoms with Gasteiger partial charge in [0.25, 0.3) is 5.91 Å². The van der Waals surface area contributed by atoms with Crippen molar-refractivity contribution in [3.8, 4) is 17.0 Å². The Morgan fingerprint density at radius 3 is 2.83 bits per heavy atom. The number of para-hydroxylation sites is 1. The number of carbonyl (C=O) groups is 1. The van der Waals surface area contributed by atoms with E-state index in [1.807, 2.05) is 12.1 Å². The number of primary amides is 1. The highest BCUT2D eigenvalue weighted by Crippen LogP contribution is 2.46. The summed E-state index contributed by atoms with van der Waals surface area (Å²) in [6.45, 7) is 0. The Hall–Kier alpha value is -2.37. The van der Waals surface area contributed by atoms with Crippen molar-refractivity contribution in [1.82, 2.24) is 15.4 Å². The van der Waals surface area contributed by atoms with Crippen LogP contribution in [-0.2, 0) is 0 Å². The molecule has 2 aromatic rings. The summed E-state index contributed by atoms with van der Waals surface area (Å²) in [7, 11) is 0. The maximum atomic E-state index is 11.2. The molecule has 1 fully saturated rings. The van der Waals surface area contributed by atoms with Gasteiger partial charge in [-0.3, -0.25) is 4.79 Å². The summed E-state index contributed by atoms with van der Waals surface area (Å²) in [6, 6.07) is 5.42. The smallest absolute Gasteiger partial charge is 0.271 e. The highest BCUT2D eigenvalue weighted by molar-refractivity contribution is 5.97. The number of aromatic amines is 1. The number of aromatic hydroxyl groups is 1. The Kier molecular flexibility index (Phi) is 2.29. The number of hydrogen-bond donors (Lipinski definition) is 3. The summed E-state index contributed by atoms with van der Waals surface area (Å²) in [6.07, 6.45) is 2.16. The lowest BCUT2D eigenvalue weighted by Crippen LogP contribution is -2.12. The van der Waals surface area contributed by atoms with Gasteiger partial charge < -0.3 is 10.8 Å². The first-order valence-corrected chi connectivity index (χ1v) is 5.71. The van der Waals surface area contributed by atoms with Crippen LogP contribution in [0.2, 0.25) is 0 Å². The second-order valence-electron chi connectivity index (χ2n) is 4.40. The molecule has 1 saturated carbocycles. The van der Waals surface area contributed by atoms with E-state index in [0.717, 1.165) is 18.4 Å². The minimum atomic E-state index is -0.671. The molecule has 0 atom stereocenters. The second-order valence-corrected chi connectivity index (χ2v) is 4.40. The van der Waals surface area contributed by atoms with Crippen LogP contribution in [0.1, 0.15) is 34.8 Å². The summed E-state index contributed by atoms with van der Waals surface area (Å²) in [5, 5.41) is 20.2. The average Bonchev–Trinajstić information content (AvgIpc) is 3.06. The van der Waals surface area contributed by atoms with Gasteiger partial charge in [0.05, 0.1) is 0 Å². The van der Waals surface area contributed by atoms with Crippen LogP contribution >= 0.6 is 0 Å². The van der Waals surface area contributed by atoms with E-state index in [9.17, 15) is 9.90 Å². The molecule has 0 radical (unpaired) electrons. The van der Waals surface area contributed by atoms with E-state index in [1.165, 1.54) is 0 Å². The summed E-state index contributed by atoms with van der Waals surface area (Å²) in [5.41, 5.74) is 6.93. The number of benzene rings is 1. The number of amides is 1. The molecule has 1 aromatic heterocycles. The maximum Gasteiger partial charge on any atom is 0.271 e. The van der Waals surface area contributed by atoms with Crippen molar-refractivity contribution in [3.05, 3.63) is 29.5 Å². The number of carbonyl (C=O) groups excluding carboxylic acids is 1. The van der Waals surface area contributed by atoms with Gasteiger partial charge in [-0.25, -0.2) is 0 Å². The minimum Gasteiger partial charge on any atom is -0.507 e. The number of phenols is 1. The van der Waals surface area contributed by atoms with Gasteiger partial charge in [0.2, 0.25) is 0 Å². The van der Waals surface area contributed by atoms with Crippen LogP contribution in [0, 0.1) is 0 Å². The van der Waals surface area contributed by atoms with E-state index < -0.39 is 5.91 Å². The van der Waals surface area contributed by atoms with Crippen molar-refractivity contribution in [2.24, 2.45) is 5.73 Å². The quantitative estimate of drug-likeness (QED) is 0.753. The summed E-state index contributed by atoms with van der Waals surface area (Å²) in [4.78, 5) is 11.2. The number of nitrogens with two attached hydrogens (primary N) is 1. The molecule has 0 aliphatic heterocycles. The molecule has 18 heavy (non-hydrogen) atoms. The van der Waals surface area contributed by atoms with E-state index in [0.29, 0.717) is 17.2 Å². The predicted octanol–water partition coefficient (Wildman–Crippen LogP) is 1.15. The highest BCUT2D eigenvalue weighted by Gasteiger charge is 2.28. The number of rotatable bonds is 3. The van der Waals surface area contributed by atoms with Crippen molar-refractivity contribution in [1.29, 1.82) is 0 Å². The molecule has 3 rings (SSSR count). The zero-order chi connectivity index (χ0) is 12.7. The molecular weight excluding hydrogens is 232 g/mol. The van der Waals surface area contributed by atoms with Crippen LogP contribution in [-0.4, -0.2) is 26.4 Å². The van der Waals surface area contributed by atoms with Gasteiger partial charge in [-0.1, -0.05) is 12.1 Å². The predicted molar refractivity (Wildman–Crippen MR) is 64.0 cm³/mol. The molecule has 0 saturated heterocycles. The molecule has 0 spiro atoms. The van der Waals surface area contributed by atoms with Crippen molar-refractivity contribution in [2.45, 2.75) is 18.8 Å². The van der Waals surface area contributed by atoms with E-state index in [1.54, 1.807) is 6.07 Å². The third-order valence-electron chi connectivity index (χ3n) is 3.12. The van der Waals surface area contributed by atoms with Crippen molar-refractivity contribution in [2.75, 3.05) is 0 Å². The molecule has 1 heterocycles. The van der Waals surface area contributed by atoms with Crippen LogP contribution in [0.4, 0.5) is 0 Å². The summed E-state index contributed by atoms with van der Waals surface area (Å²) in [5.74, 6) is -0.0970. The summed E-state index contributed by atoms with van der Waals surface area (Å²) < 4.78 is 0. The van der Waals surface area contributed by atoms with Gasteiger partial charge >= 0.3 is 0 Å². The monoisotopic (exact) mass is 244 g/mol.